The maximum absolute atomic E-state index is 13.4. The number of unbranched alkanes of at least 4 members (excludes halogenated alkanes) is 45. The lowest BCUT2D eigenvalue weighted by Gasteiger charge is -2.46. The van der Waals surface area contributed by atoms with E-state index in [4.69, 9.17) is 18.9 Å². The second-order valence-electron chi connectivity index (χ2n) is 27.1. The second kappa shape index (κ2) is 61.5. The molecule has 12 atom stereocenters. The van der Waals surface area contributed by atoms with Crippen molar-refractivity contribution in [2.24, 2.45) is 0 Å². The van der Waals surface area contributed by atoms with E-state index in [-0.39, 0.29) is 18.9 Å². The van der Waals surface area contributed by atoms with E-state index in [1.54, 1.807) is 6.08 Å². The molecule has 14 heteroatoms. The first-order chi connectivity index (χ1) is 44.6. The van der Waals surface area contributed by atoms with Gasteiger partial charge in [-0.05, 0) is 57.8 Å². The topological polar surface area (TPSA) is 228 Å². The SMILES string of the molecule is CCCCCCC/C=C\C/C=C\C/C=C\CCCCCCCCCCCCCCCCCCC(=O)NC(COC1OC(CO)C(OC2OC(CO)C(O)C(O)C2O)C(O)C1O)C(O)/C=C/CCCCCCCCCCCCCCCCCCCCCCCCCC. The smallest absolute Gasteiger partial charge is 0.220 e. The van der Waals surface area contributed by atoms with Crippen molar-refractivity contribution >= 4 is 5.91 Å². The van der Waals surface area contributed by atoms with E-state index >= 15 is 0 Å². The van der Waals surface area contributed by atoms with Crippen molar-refractivity contribution in [1.29, 1.82) is 0 Å². The molecule has 534 valence electrons. The first-order valence-electron chi connectivity index (χ1n) is 38.4. The van der Waals surface area contributed by atoms with Crippen molar-refractivity contribution in [2.75, 3.05) is 19.8 Å². The van der Waals surface area contributed by atoms with Gasteiger partial charge in [-0.2, -0.15) is 0 Å². The van der Waals surface area contributed by atoms with Gasteiger partial charge in [-0.3, -0.25) is 4.79 Å². The molecule has 0 aromatic rings. The van der Waals surface area contributed by atoms with Crippen LogP contribution in [0.3, 0.4) is 0 Å². The average molecular weight is 1290 g/mol. The molecular formula is C77H143NO13. The molecule has 9 N–H and O–H groups in total. The highest BCUT2D eigenvalue weighted by Crippen LogP contribution is 2.30. The largest absolute Gasteiger partial charge is 0.394 e. The van der Waals surface area contributed by atoms with Crippen LogP contribution < -0.4 is 5.32 Å². The minimum atomic E-state index is -1.79. The number of rotatable bonds is 64. The minimum Gasteiger partial charge on any atom is -0.394 e. The van der Waals surface area contributed by atoms with E-state index in [1.807, 2.05) is 6.08 Å². The van der Waals surface area contributed by atoms with Gasteiger partial charge in [0.2, 0.25) is 5.91 Å². The summed E-state index contributed by atoms with van der Waals surface area (Å²) < 4.78 is 22.9. The van der Waals surface area contributed by atoms with E-state index in [0.717, 1.165) is 51.4 Å². The van der Waals surface area contributed by atoms with Crippen LogP contribution in [-0.2, 0) is 23.7 Å². The number of aliphatic hydroxyl groups excluding tert-OH is 8. The molecular weight excluding hydrogens is 1150 g/mol. The summed E-state index contributed by atoms with van der Waals surface area (Å²) in [6, 6.07) is -0.917. The zero-order valence-corrected chi connectivity index (χ0v) is 58.3. The highest BCUT2D eigenvalue weighted by Gasteiger charge is 2.51. The Kier molecular flexibility index (Phi) is 57.5. The molecule has 0 bridgehead atoms. The Morgan fingerprint density at radius 1 is 0.396 bits per heavy atom. The molecule has 12 unspecified atom stereocenters. The molecule has 14 nitrogen and oxygen atoms in total. The molecule has 2 aliphatic rings. The lowest BCUT2D eigenvalue weighted by atomic mass is 9.97. The minimum absolute atomic E-state index is 0.234. The summed E-state index contributed by atoms with van der Waals surface area (Å²) in [5, 5.41) is 87.6. The molecule has 2 aliphatic heterocycles. The molecule has 0 saturated carbocycles. The van der Waals surface area contributed by atoms with Gasteiger partial charge in [-0.1, -0.05) is 326 Å². The van der Waals surface area contributed by atoms with Crippen molar-refractivity contribution in [3.8, 4) is 0 Å². The van der Waals surface area contributed by atoms with Crippen LogP contribution in [0.2, 0.25) is 0 Å². The standard InChI is InChI=1S/C77H143NO13/c1-3-5-7-9-11-13-15-17-19-21-23-25-27-29-31-32-33-34-35-37-39-41-43-45-47-49-51-53-55-57-59-61-69(82)78-65(64-88-76-74(87)72(85)75(68(63-80)90-76)91-77-73(86)71(84)70(83)67(62-79)89-77)66(81)60-58-56-54-52-50-48-46-44-42-40-38-36-30-28-26-24-22-20-18-16-14-12-10-8-6-4-2/h15,17,21,23,27,29,58,60,65-68,70-77,79-81,83-87H,3-14,16,18-20,22,24-26,28,30-57,59,61-64H2,1-2H3,(H,78,82)/b17-15-,23-21-,29-27-,60-58+. The Labute approximate surface area is 556 Å². The Bertz CT molecular complexity index is 1710. The van der Waals surface area contributed by atoms with Gasteiger partial charge in [0.25, 0.3) is 0 Å². The monoisotopic (exact) mass is 1290 g/mol. The van der Waals surface area contributed by atoms with Crippen LogP contribution in [0.1, 0.15) is 341 Å². The predicted molar refractivity (Wildman–Crippen MR) is 374 cm³/mol. The number of ether oxygens (including phenoxy) is 4. The predicted octanol–water partition coefficient (Wildman–Crippen LogP) is 16.6. The molecule has 2 rings (SSSR count). The first-order valence-corrected chi connectivity index (χ1v) is 38.4. The molecule has 0 aromatic heterocycles. The Balaban J connectivity index is 1.64. The lowest BCUT2D eigenvalue weighted by molar-refractivity contribution is -0.359. The molecule has 2 saturated heterocycles. The fraction of sp³-hybridized carbons (Fsp3) is 0.883. The lowest BCUT2D eigenvalue weighted by Crippen LogP contribution is -2.65. The normalized spacial score (nSPS) is 23.0. The number of carbonyl (C=O) groups is 1. The van der Waals surface area contributed by atoms with Gasteiger partial charge in [-0.15, -0.1) is 0 Å². The molecule has 0 radical (unpaired) electrons. The molecule has 2 fully saturated rings. The van der Waals surface area contributed by atoms with Crippen LogP contribution in [0.15, 0.2) is 48.6 Å². The van der Waals surface area contributed by atoms with Gasteiger partial charge in [0, 0.05) is 6.42 Å². The van der Waals surface area contributed by atoms with Crippen LogP contribution in [0.5, 0.6) is 0 Å². The van der Waals surface area contributed by atoms with Gasteiger partial charge in [0.1, 0.15) is 48.8 Å². The zero-order valence-electron chi connectivity index (χ0n) is 58.3. The van der Waals surface area contributed by atoms with Crippen molar-refractivity contribution < 1.29 is 64.6 Å². The van der Waals surface area contributed by atoms with Crippen LogP contribution in [-0.4, -0.2) is 140 Å². The van der Waals surface area contributed by atoms with E-state index in [9.17, 15) is 45.6 Å². The highest BCUT2D eigenvalue weighted by atomic mass is 16.7. The summed E-state index contributed by atoms with van der Waals surface area (Å²) in [5.41, 5.74) is 0. The van der Waals surface area contributed by atoms with Crippen molar-refractivity contribution in [3.05, 3.63) is 48.6 Å². The number of allylic oxidation sites excluding steroid dienone is 7. The molecule has 0 aromatic carbocycles. The van der Waals surface area contributed by atoms with Gasteiger partial charge in [-0.25, -0.2) is 0 Å². The van der Waals surface area contributed by atoms with Gasteiger partial charge < -0.3 is 65.1 Å². The van der Waals surface area contributed by atoms with Crippen LogP contribution >= 0.6 is 0 Å². The Hall–Kier alpha value is -2.05. The Morgan fingerprint density at radius 2 is 0.725 bits per heavy atom. The molecule has 0 aliphatic carbocycles. The zero-order chi connectivity index (χ0) is 65.9. The van der Waals surface area contributed by atoms with Crippen molar-refractivity contribution in [3.63, 3.8) is 0 Å². The van der Waals surface area contributed by atoms with E-state index in [2.05, 4.69) is 55.6 Å². The molecule has 0 spiro atoms. The third kappa shape index (κ3) is 45.2. The first kappa shape index (κ1) is 85.0. The molecule has 2 heterocycles. The number of aliphatic hydroxyl groups is 8. The Morgan fingerprint density at radius 3 is 1.11 bits per heavy atom. The third-order valence-corrected chi connectivity index (χ3v) is 18.8. The summed E-state index contributed by atoms with van der Waals surface area (Å²) in [7, 11) is 0. The van der Waals surface area contributed by atoms with Crippen molar-refractivity contribution in [1.82, 2.24) is 5.32 Å². The van der Waals surface area contributed by atoms with Crippen molar-refractivity contribution in [2.45, 2.75) is 415 Å². The second-order valence-corrected chi connectivity index (χ2v) is 27.1. The summed E-state index contributed by atoms with van der Waals surface area (Å²) >= 11 is 0. The molecule has 1 amide bonds. The third-order valence-electron chi connectivity index (χ3n) is 18.8. The summed E-state index contributed by atoms with van der Waals surface area (Å²) in [5.74, 6) is -0.234. The van der Waals surface area contributed by atoms with Gasteiger partial charge in [0.05, 0.1) is 32.0 Å². The maximum atomic E-state index is 13.4. The van der Waals surface area contributed by atoms with Gasteiger partial charge >= 0.3 is 0 Å². The van der Waals surface area contributed by atoms with E-state index < -0.39 is 86.8 Å². The maximum Gasteiger partial charge on any atom is 0.220 e. The van der Waals surface area contributed by atoms with Crippen LogP contribution in [0, 0.1) is 0 Å². The average Bonchev–Trinajstić information content (AvgIpc) is 1.25. The van der Waals surface area contributed by atoms with Crippen LogP contribution in [0.4, 0.5) is 0 Å². The fourth-order valence-electron chi connectivity index (χ4n) is 12.7. The number of hydrogen-bond donors (Lipinski definition) is 9. The molecule has 91 heavy (non-hydrogen) atoms. The summed E-state index contributed by atoms with van der Waals surface area (Å²) in [6.45, 7) is 2.84. The number of nitrogens with one attached hydrogen (secondary N) is 1. The summed E-state index contributed by atoms with van der Waals surface area (Å²) in [6.07, 6.45) is 64.6. The van der Waals surface area contributed by atoms with Gasteiger partial charge in [0.15, 0.2) is 12.6 Å². The number of hydrogen-bond acceptors (Lipinski definition) is 13. The van der Waals surface area contributed by atoms with E-state index in [0.29, 0.717) is 6.42 Å². The number of carbonyl (C=O) groups excluding carboxylic acids is 1. The summed E-state index contributed by atoms with van der Waals surface area (Å²) in [4.78, 5) is 13.4. The van der Waals surface area contributed by atoms with Crippen LogP contribution in [0.25, 0.3) is 0 Å². The fourth-order valence-corrected chi connectivity index (χ4v) is 12.7. The quantitative estimate of drug-likeness (QED) is 0.0204. The van der Waals surface area contributed by atoms with E-state index in [1.165, 1.54) is 263 Å². The number of amides is 1. The highest BCUT2D eigenvalue weighted by molar-refractivity contribution is 5.76.